The van der Waals surface area contributed by atoms with Gasteiger partial charge >= 0.3 is 0 Å². The van der Waals surface area contributed by atoms with Crippen LogP contribution in [0.15, 0.2) is 42.5 Å². The minimum atomic E-state index is -1.21. The number of morpholine rings is 1. The molecule has 1 N–H and O–H groups in total. The summed E-state index contributed by atoms with van der Waals surface area (Å²) in [4.78, 5) is 15.2. The number of aryl methyl sites for hydroxylation is 1. The molecule has 2 aromatic carbocycles. The molecular formula is C22H27NO5. The predicted octanol–water partition coefficient (Wildman–Crippen LogP) is 2.63. The summed E-state index contributed by atoms with van der Waals surface area (Å²) < 4.78 is 16.0. The van der Waals surface area contributed by atoms with E-state index < -0.39 is 12.1 Å². The highest BCUT2D eigenvalue weighted by Gasteiger charge is 2.34. The molecular weight excluding hydrogens is 358 g/mol. The molecule has 0 spiro atoms. The van der Waals surface area contributed by atoms with E-state index >= 15 is 0 Å². The molecule has 1 aliphatic heterocycles. The first-order valence-electron chi connectivity index (χ1n) is 9.38. The Labute approximate surface area is 165 Å². The van der Waals surface area contributed by atoms with Gasteiger partial charge in [0.15, 0.2) is 17.3 Å². The average molecular weight is 385 g/mol. The molecule has 0 unspecified atom stereocenters. The fraction of sp³-hybridized carbons (Fsp3) is 0.409. The number of rotatable bonds is 7. The Morgan fingerprint density at radius 1 is 1.04 bits per heavy atom. The van der Waals surface area contributed by atoms with Gasteiger partial charge in [-0.05, 0) is 30.7 Å². The van der Waals surface area contributed by atoms with Crippen molar-refractivity contribution in [2.75, 3.05) is 40.5 Å². The number of aliphatic hydroxyl groups excluding tert-OH is 1. The van der Waals surface area contributed by atoms with Gasteiger partial charge < -0.3 is 19.3 Å². The molecule has 0 aliphatic carbocycles. The third-order valence-corrected chi connectivity index (χ3v) is 5.09. The van der Waals surface area contributed by atoms with Crippen LogP contribution in [0, 0.1) is 6.92 Å². The van der Waals surface area contributed by atoms with Crippen LogP contribution < -0.4 is 9.47 Å². The minimum absolute atomic E-state index is 0.349. The van der Waals surface area contributed by atoms with Crippen molar-refractivity contribution >= 4 is 5.78 Å². The monoisotopic (exact) mass is 385 g/mol. The summed E-state index contributed by atoms with van der Waals surface area (Å²) in [5, 5.41) is 11.1. The van der Waals surface area contributed by atoms with E-state index in [1.165, 1.54) is 7.11 Å². The second-order valence-electron chi connectivity index (χ2n) is 6.88. The fourth-order valence-electron chi connectivity index (χ4n) is 3.52. The molecule has 150 valence electrons. The largest absolute Gasteiger partial charge is 0.493 e. The van der Waals surface area contributed by atoms with Gasteiger partial charge in [-0.25, -0.2) is 0 Å². The molecule has 6 nitrogen and oxygen atoms in total. The van der Waals surface area contributed by atoms with Crippen molar-refractivity contribution in [2.45, 2.75) is 19.1 Å². The lowest BCUT2D eigenvalue weighted by molar-refractivity contribution is -0.0173. The molecule has 6 heteroatoms. The smallest absolute Gasteiger partial charge is 0.193 e. The maximum Gasteiger partial charge on any atom is 0.193 e. The van der Waals surface area contributed by atoms with Crippen LogP contribution in [-0.2, 0) is 4.74 Å². The Morgan fingerprint density at radius 2 is 1.68 bits per heavy atom. The van der Waals surface area contributed by atoms with E-state index in [0.717, 1.165) is 11.1 Å². The van der Waals surface area contributed by atoms with Gasteiger partial charge in [0.05, 0.1) is 33.5 Å². The number of benzene rings is 2. The van der Waals surface area contributed by atoms with Crippen molar-refractivity contribution in [3.63, 3.8) is 0 Å². The highest BCUT2D eigenvalue weighted by molar-refractivity contribution is 6.00. The van der Waals surface area contributed by atoms with Gasteiger partial charge in [-0.15, -0.1) is 0 Å². The second-order valence-corrected chi connectivity index (χ2v) is 6.88. The Morgan fingerprint density at radius 3 is 2.29 bits per heavy atom. The topological polar surface area (TPSA) is 68.2 Å². The number of hydrogen-bond donors (Lipinski definition) is 1. The molecule has 1 aliphatic rings. The van der Waals surface area contributed by atoms with Crippen LogP contribution in [-0.4, -0.2) is 62.4 Å². The van der Waals surface area contributed by atoms with Crippen molar-refractivity contribution in [1.29, 1.82) is 0 Å². The van der Waals surface area contributed by atoms with Crippen LogP contribution in [0.5, 0.6) is 11.5 Å². The SMILES string of the molecule is COc1ccc(C(=O)[C@H](O)[C@H](c2ccc(C)cc2)N2CCOCC2)cc1OC. The number of carbonyl (C=O) groups is 1. The summed E-state index contributed by atoms with van der Waals surface area (Å²) in [6, 6.07) is 12.4. The van der Waals surface area contributed by atoms with E-state index in [0.29, 0.717) is 43.4 Å². The zero-order valence-electron chi connectivity index (χ0n) is 16.6. The molecule has 0 saturated carbocycles. The first-order valence-corrected chi connectivity index (χ1v) is 9.38. The summed E-state index contributed by atoms with van der Waals surface area (Å²) in [5.74, 6) is 0.647. The van der Waals surface area contributed by atoms with E-state index in [4.69, 9.17) is 14.2 Å². The number of nitrogens with zero attached hydrogens (tertiary/aromatic N) is 1. The van der Waals surface area contributed by atoms with Gasteiger partial charge in [-0.2, -0.15) is 0 Å². The summed E-state index contributed by atoms with van der Waals surface area (Å²) in [5.41, 5.74) is 2.43. The molecule has 2 atom stereocenters. The van der Waals surface area contributed by atoms with Crippen molar-refractivity contribution in [3.8, 4) is 11.5 Å². The third-order valence-electron chi connectivity index (χ3n) is 5.09. The lowest BCUT2D eigenvalue weighted by Gasteiger charge is -2.37. The van der Waals surface area contributed by atoms with Gasteiger partial charge in [-0.3, -0.25) is 9.69 Å². The molecule has 1 saturated heterocycles. The Hall–Kier alpha value is -2.41. The minimum Gasteiger partial charge on any atom is -0.493 e. The van der Waals surface area contributed by atoms with E-state index in [1.807, 2.05) is 31.2 Å². The Balaban J connectivity index is 1.92. The molecule has 28 heavy (non-hydrogen) atoms. The maximum atomic E-state index is 13.1. The standard InChI is InChI=1S/C22H27NO5/c1-15-4-6-16(7-5-15)20(23-10-12-28-13-11-23)22(25)21(24)17-8-9-18(26-2)19(14-17)27-3/h4-9,14,20,22,25H,10-13H2,1-3H3/t20-,22+/m0/s1. The van der Waals surface area contributed by atoms with E-state index in [1.54, 1.807) is 25.3 Å². The number of ether oxygens (including phenoxy) is 3. The van der Waals surface area contributed by atoms with Gasteiger partial charge in [0, 0.05) is 18.7 Å². The molecule has 1 fully saturated rings. The quantitative estimate of drug-likeness (QED) is 0.739. The first kappa shape index (κ1) is 20.3. The van der Waals surface area contributed by atoms with E-state index in [9.17, 15) is 9.90 Å². The lowest BCUT2D eigenvalue weighted by Crippen LogP contribution is -2.46. The zero-order chi connectivity index (χ0) is 20.1. The molecule has 0 bridgehead atoms. The molecule has 2 aromatic rings. The van der Waals surface area contributed by atoms with Gasteiger partial charge in [0.1, 0.15) is 6.10 Å². The van der Waals surface area contributed by atoms with Crippen LogP contribution in [0.4, 0.5) is 0 Å². The second kappa shape index (κ2) is 9.19. The lowest BCUT2D eigenvalue weighted by atomic mass is 9.92. The van der Waals surface area contributed by atoms with Crippen molar-refractivity contribution < 1.29 is 24.1 Å². The molecule has 0 aromatic heterocycles. The number of Topliss-reactive ketones (excluding diaryl/α,β-unsaturated/α-hetero) is 1. The number of hydrogen-bond acceptors (Lipinski definition) is 6. The fourth-order valence-corrected chi connectivity index (χ4v) is 3.52. The van der Waals surface area contributed by atoms with E-state index in [2.05, 4.69) is 4.90 Å². The van der Waals surface area contributed by atoms with Gasteiger partial charge in [0.25, 0.3) is 0 Å². The van der Waals surface area contributed by atoms with E-state index in [-0.39, 0.29) is 5.78 Å². The van der Waals surface area contributed by atoms with Crippen LogP contribution in [0.25, 0.3) is 0 Å². The average Bonchev–Trinajstić information content (AvgIpc) is 2.74. The maximum absolute atomic E-state index is 13.1. The first-order chi connectivity index (χ1) is 13.5. The summed E-state index contributed by atoms with van der Waals surface area (Å²) >= 11 is 0. The van der Waals surface area contributed by atoms with Gasteiger partial charge in [0.2, 0.25) is 0 Å². The number of carbonyl (C=O) groups excluding carboxylic acids is 1. The van der Waals surface area contributed by atoms with Crippen molar-refractivity contribution in [2.24, 2.45) is 0 Å². The summed E-state index contributed by atoms with van der Waals surface area (Å²) in [6.45, 7) is 4.50. The number of methoxy groups -OCH3 is 2. The van der Waals surface area contributed by atoms with Crippen LogP contribution in [0.1, 0.15) is 27.5 Å². The molecule has 3 rings (SSSR count). The molecule has 0 amide bonds. The van der Waals surface area contributed by atoms with Crippen LogP contribution in [0.3, 0.4) is 0 Å². The normalized spacial score (nSPS) is 17.0. The summed E-state index contributed by atoms with van der Waals surface area (Å²) in [6.07, 6.45) is -1.21. The predicted molar refractivity (Wildman–Crippen MR) is 106 cm³/mol. The van der Waals surface area contributed by atoms with Crippen LogP contribution in [0.2, 0.25) is 0 Å². The van der Waals surface area contributed by atoms with Crippen molar-refractivity contribution in [1.82, 2.24) is 4.90 Å². The zero-order valence-corrected chi connectivity index (χ0v) is 16.6. The highest BCUT2D eigenvalue weighted by atomic mass is 16.5. The Kier molecular flexibility index (Phi) is 6.67. The highest BCUT2D eigenvalue weighted by Crippen LogP contribution is 2.31. The Bertz CT molecular complexity index is 799. The number of ketones is 1. The van der Waals surface area contributed by atoms with Crippen molar-refractivity contribution in [3.05, 3.63) is 59.2 Å². The van der Waals surface area contributed by atoms with Crippen LogP contribution >= 0.6 is 0 Å². The number of aliphatic hydroxyl groups is 1. The third kappa shape index (κ3) is 4.35. The van der Waals surface area contributed by atoms with Gasteiger partial charge in [-0.1, -0.05) is 29.8 Å². The summed E-state index contributed by atoms with van der Waals surface area (Å²) in [7, 11) is 3.06. The molecule has 1 heterocycles. The molecule has 0 radical (unpaired) electrons.